The predicted octanol–water partition coefficient (Wildman–Crippen LogP) is 3.78. The Bertz CT molecular complexity index is 720. The molecule has 2 aromatic carbocycles. The zero-order valence-corrected chi connectivity index (χ0v) is 15.8. The van der Waals surface area contributed by atoms with Crippen LogP contribution in [0.5, 0.6) is 5.75 Å². The van der Waals surface area contributed by atoms with Gasteiger partial charge in [0.15, 0.2) is 0 Å². The molecule has 1 N–H and O–H groups in total. The number of ether oxygens (including phenoxy) is 1. The van der Waals surface area contributed by atoms with Crippen molar-refractivity contribution in [2.45, 2.75) is 33.4 Å². The highest BCUT2D eigenvalue weighted by Gasteiger charge is 2.10. The van der Waals surface area contributed by atoms with Crippen LogP contribution in [0.1, 0.15) is 23.6 Å². The summed E-state index contributed by atoms with van der Waals surface area (Å²) in [5, 5.41) is 2.91. The van der Waals surface area contributed by atoms with Gasteiger partial charge < -0.3 is 10.1 Å². The van der Waals surface area contributed by atoms with Crippen LogP contribution in [-0.2, 0) is 17.8 Å². The number of rotatable bonds is 10. The summed E-state index contributed by atoms with van der Waals surface area (Å²) >= 11 is 0. The lowest BCUT2D eigenvalue weighted by Crippen LogP contribution is -2.37. The highest BCUT2D eigenvalue weighted by Crippen LogP contribution is 2.15. The molecule has 0 aromatic heterocycles. The minimum Gasteiger partial charge on any atom is -0.435 e. The van der Waals surface area contributed by atoms with E-state index >= 15 is 0 Å². The number of nitrogens with one attached hydrogen (secondary N) is 1. The molecule has 0 aliphatic heterocycles. The molecular formula is C21H26F2N2O2. The maximum absolute atomic E-state index is 12.2. The van der Waals surface area contributed by atoms with Crippen LogP contribution in [0, 0.1) is 6.92 Å². The minimum atomic E-state index is -2.82. The minimum absolute atomic E-state index is 0.0258. The topological polar surface area (TPSA) is 41.6 Å². The third-order valence-corrected chi connectivity index (χ3v) is 4.19. The Hall–Kier alpha value is -2.47. The van der Waals surface area contributed by atoms with Gasteiger partial charge in [0.25, 0.3) is 0 Å². The van der Waals surface area contributed by atoms with Crippen molar-refractivity contribution in [2.75, 3.05) is 19.6 Å². The summed E-state index contributed by atoms with van der Waals surface area (Å²) in [6, 6.07) is 14.7. The molecule has 0 fully saturated rings. The number of halogens is 2. The molecule has 1 amide bonds. The molecule has 0 aliphatic carbocycles. The van der Waals surface area contributed by atoms with E-state index in [4.69, 9.17) is 0 Å². The monoisotopic (exact) mass is 376 g/mol. The number of alkyl halides is 2. The smallest absolute Gasteiger partial charge is 0.387 e. The highest BCUT2D eigenvalue weighted by atomic mass is 19.3. The van der Waals surface area contributed by atoms with E-state index in [9.17, 15) is 13.6 Å². The Morgan fingerprint density at radius 1 is 1.15 bits per heavy atom. The van der Waals surface area contributed by atoms with Gasteiger partial charge >= 0.3 is 6.61 Å². The largest absolute Gasteiger partial charge is 0.435 e. The summed E-state index contributed by atoms with van der Waals surface area (Å²) in [5.41, 5.74) is 3.35. The summed E-state index contributed by atoms with van der Waals surface area (Å²) in [7, 11) is 0. The van der Waals surface area contributed by atoms with Crippen LogP contribution in [0.3, 0.4) is 0 Å². The number of carbonyl (C=O) groups excluding carboxylic acids is 1. The first-order valence-corrected chi connectivity index (χ1v) is 9.04. The van der Waals surface area contributed by atoms with Gasteiger partial charge in [0, 0.05) is 13.1 Å². The van der Waals surface area contributed by atoms with Crippen molar-refractivity contribution < 1.29 is 18.3 Å². The Balaban J connectivity index is 1.74. The van der Waals surface area contributed by atoms with E-state index in [-0.39, 0.29) is 11.7 Å². The van der Waals surface area contributed by atoms with Gasteiger partial charge in [0.1, 0.15) is 5.75 Å². The first-order chi connectivity index (χ1) is 13.0. The molecule has 0 saturated heterocycles. The number of likely N-dealkylation sites (N-methyl/N-ethyl adjacent to an activating group) is 1. The van der Waals surface area contributed by atoms with Crippen molar-refractivity contribution >= 4 is 5.91 Å². The average molecular weight is 376 g/mol. The number of benzene rings is 2. The maximum Gasteiger partial charge on any atom is 0.387 e. The van der Waals surface area contributed by atoms with Crippen molar-refractivity contribution in [1.82, 2.24) is 10.2 Å². The van der Waals surface area contributed by atoms with Gasteiger partial charge in [-0.2, -0.15) is 8.78 Å². The molecule has 4 nitrogen and oxygen atoms in total. The maximum atomic E-state index is 12.2. The second kappa shape index (κ2) is 10.6. The van der Waals surface area contributed by atoms with Crippen LogP contribution in [0.4, 0.5) is 8.78 Å². The van der Waals surface area contributed by atoms with Crippen molar-refractivity contribution in [3.63, 3.8) is 0 Å². The summed E-state index contributed by atoms with van der Waals surface area (Å²) in [6.45, 7) is 3.62. The second-order valence-corrected chi connectivity index (χ2v) is 6.41. The number of amides is 1. The van der Waals surface area contributed by atoms with Gasteiger partial charge in [-0.25, -0.2) is 0 Å². The quantitative estimate of drug-likeness (QED) is 0.686. The van der Waals surface area contributed by atoms with E-state index in [1.54, 1.807) is 12.1 Å². The van der Waals surface area contributed by atoms with E-state index < -0.39 is 6.61 Å². The number of hydrogen-bond donors (Lipinski definition) is 1. The summed E-state index contributed by atoms with van der Waals surface area (Å²) < 4.78 is 28.6. The lowest BCUT2D eigenvalue weighted by Gasteiger charge is -2.20. The zero-order chi connectivity index (χ0) is 19.6. The van der Waals surface area contributed by atoms with E-state index in [2.05, 4.69) is 40.1 Å². The van der Waals surface area contributed by atoms with Crippen molar-refractivity contribution in [3.8, 4) is 5.75 Å². The number of carbonyl (C=O) groups is 1. The molecule has 0 atom stereocenters. The van der Waals surface area contributed by atoms with Crippen LogP contribution in [0.25, 0.3) is 0 Å². The SMILES string of the molecule is CCN(CC(=O)NCCc1ccc(OC(F)F)cc1)Cc1cccc(C)c1. The van der Waals surface area contributed by atoms with E-state index in [1.807, 2.05) is 13.0 Å². The van der Waals surface area contributed by atoms with Crippen LogP contribution >= 0.6 is 0 Å². The van der Waals surface area contributed by atoms with Gasteiger partial charge in [0.2, 0.25) is 5.91 Å². The fourth-order valence-corrected chi connectivity index (χ4v) is 2.79. The fourth-order valence-electron chi connectivity index (χ4n) is 2.79. The number of nitrogens with zero attached hydrogens (tertiary/aromatic N) is 1. The van der Waals surface area contributed by atoms with Crippen LogP contribution < -0.4 is 10.1 Å². The molecule has 0 spiro atoms. The molecule has 27 heavy (non-hydrogen) atoms. The molecule has 0 unspecified atom stereocenters. The molecule has 2 rings (SSSR count). The normalized spacial score (nSPS) is 11.0. The van der Waals surface area contributed by atoms with Crippen molar-refractivity contribution in [2.24, 2.45) is 0 Å². The van der Waals surface area contributed by atoms with Crippen LogP contribution in [0.2, 0.25) is 0 Å². The lowest BCUT2D eigenvalue weighted by atomic mass is 10.1. The Labute approximate surface area is 159 Å². The molecule has 0 bridgehead atoms. The summed E-state index contributed by atoms with van der Waals surface area (Å²) in [5.74, 6) is 0.106. The Kier molecular flexibility index (Phi) is 8.20. The molecule has 6 heteroatoms. The van der Waals surface area contributed by atoms with Crippen molar-refractivity contribution in [3.05, 3.63) is 65.2 Å². The summed E-state index contributed by atoms with van der Waals surface area (Å²) in [4.78, 5) is 14.3. The molecule has 146 valence electrons. The standard InChI is InChI=1S/C21H26F2N2O2/c1-3-25(14-18-6-4-5-16(2)13-18)15-20(26)24-12-11-17-7-9-19(10-8-17)27-21(22)23/h4-10,13,21H,3,11-12,14-15H2,1-2H3,(H,24,26). The van der Waals surface area contributed by atoms with Gasteiger partial charge in [-0.3, -0.25) is 9.69 Å². The van der Waals surface area contributed by atoms with E-state index in [0.29, 0.717) is 19.5 Å². The lowest BCUT2D eigenvalue weighted by molar-refractivity contribution is -0.122. The number of hydrogen-bond acceptors (Lipinski definition) is 3. The molecule has 0 radical (unpaired) electrons. The third kappa shape index (κ3) is 7.74. The molecular weight excluding hydrogens is 350 g/mol. The molecule has 2 aromatic rings. The zero-order valence-electron chi connectivity index (χ0n) is 15.8. The van der Waals surface area contributed by atoms with Gasteiger partial charge in [0.05, 0.1) is 6.54 Å². The van der Waals surface area contributed by atoms with Crippen LogP contribution in [0.15, 0.2) is 48.5 Å². The fraction of sp³-hybridized carbons (Fsp3) is 0.381. The third-order valence-electron chi connectivity index (χ3n) is 4.19. The van der Waals surface area contributed by atoms with Gasteiger partial charge in [-0.05, 0) is 43.1 Å². The molecule has 0 heterocycles. The predicted molar refractivity (Wildman–Crippen MR) is 102 cm³/mol. The Morgan fingerprint density at radius 3 is 2.52 bits per heavy atom. The molecule has 0 aliphatic rings. The second-order valence-electron chi connectivity index (χ2n) is 6.41. The number of aryl methyl sites for hydroxylation is 1. The highest BCUT2D eigenvalue weighted by molar-refractivity contribution is 5.78. The molecule has 0 saturated carbocycles. The van der Waals surface area contributed by atoms with Gasteiger partial charge in [-0.1, -0.05) is 48.9 Å². The average Bonchev–Trinajstić information content (AvgIpc) is 2.62. The van der Waals surface area contributed by atoms with Crippen LogP contribution in [-0.4, -0.2) is 37.1 Å². The van der Waals surface area contributed by atoms with Gasteiger partial charge in [-0.15, -0.1) is 0 Å². The van der Waals surface area contributed by atoms with E-state index in [1.165, 1.54) is 23.3 Å². The first kappa shape index (κ1) is 20.8. The van der Waals surface area contributed by atoms with E-state index in [0.717, 1.165) is 18.7 Å². The summed E-state index contributed by atoms with van der Waals surface area (Å²) in [6.07, 6.45) is 0.630. The van der Waals surface area contributed by atoms with Crippen molar-refractivity contribution in [1.29, 1.82) is 0 Å². The Morgan fingerprint density at radius 2 is 1.89 bits per heavy atom. The first-order valence-electron chi connectivity index (χ1n) is 9.04.